The lowest BCUT2D eigenvalue weighted by Crippen LogP contribution is -2.32. The van der Waals surface area contributed by atoms with Crippen molar-refractivity contribution in [2.24, 2.45) is 4.99 Å². The summed E-state index contributed by atoms with van der Waals surface area (Å²) < 4.78 is 40.1. The predicted molar refractivity (Wildman–Crippen MR) is 106 cm³/mol. The maximum atomic E-state index is 12.8. The number of hydrogen-bond acceptors (Lipinski definition) is 2. The second-order valence-electron chi connectivity index (χ2n) is 6.63. The molecule has 0 aliphatic carbocycles. The summed E-state index contributed by atoms with van der Waals surface area (Å²) in [7, 11) is 0. The number of carbonyl (C=O) groups is 1. The summed E-state index contributed by atoms with van der Waals surface area (Å²) in [6.07, 6.45) is 1.19. The number of alkyl halides is 3. The van der Waals surface area contributed by atoms with E-state index in [0.717, 1.165) is 42.7 Å². The lowest BCUT2D eigenvalue weighted by Gasteiger charge is -2.19. The van der Waals surface area contributed by atoms with E-state index in [0.29, 0.717) is 23.6 Å². The number of nitrogens with zero attached hydrogens (tertiary/aromatic N) is 3. The van der Waals surface area contributed by atoms with Crippen LogP contribution in [-0.2, 0) is 6.18 Å². The molecule has 154 valence electrons. The van der Waals surface area contributed by atoms with Gasteiger partial charge < -0.3 is 4.90 Å². The van der Waals surface area contributed by atoms with Gasteiger partial charge in [-0.1, -0.05) is 26.7 Å². The summed E-state index contributed by atoms with van der Waals surface area (Å²) in [6.45, 7) is 7.33. The molecule has 0 radical (unpaired) electrons. The molecule has 0 bridgehead atoms. The number of amides is 2. The summed E-state index contributed by atoms with van der Waals surface area (Å²) in [4.78, 5) is 20.1. The lowest BCUT2D eigenvalue weighted by molar-refractivity contribution is -0.137. The topological polar surface area (TPSA) is 37.6 Å². The number of rotatable bonds is 7. The molecule has 0 aliphatic rings. The molecule has 0 saturated heterocycles. The molecule has 1 aromatic carbocycles. The normalized spacial score (nSPS) is 12.4. The molecule has 2 aromatic rings. The molecule has 0 aliphatic heterocycles. The van der Waals surface area contributed by atoms with Crippen molar-refractivity contribution in [1.82, 2.24) is 9.47 Å². The Labute approximate surface area is 167 Å². The first-order valence-corrected chi connectivity index (χ1v) is 10.3. The lowest BCUT2D eigenvalue weighted by atomic mass is 10.2. The third-order valence-electron chi connectivity index (χ3n) is 4.27. The molecule has 4 nitrogen and oxygen atoms in total. The minimum Gasteiger partial charge on any atom is -0.323 e. The fraction of sp³-hybridized carbons (Fsp3) is 0.500. The average Bonchev–Trinajstić information content (AvgIpc) is 3.01. The zero-order chi connectivity index (χ0) is 20.7. The number of thiazole rings is 1. The number of halogens is 3. The van der Waals surface area contributed by atoms with Gasteiger partial charge in [-0.05, 0) is 44.0 Å². The molecule has 2 amide bonds. The molecule has 28 heavy (non-hydrogen) atoms. The fourth-order valence-electron chi connectivity index (χ4n) is 2.68. The van der Waals surface area contributed by atoms with Gasteiger partial charge in [0.05, 0.1) is 5.56 Å². The van der Waals surface area contributed by atoms with Crippen molar-refractivity contribution in [3.63, 3.8) is 0 Å². The van der Waals surface area contributed by atoms with Gasteiger partial charge >= 0.3 is 12.2 Å². The molecule has 0 N–H and O–H groups in total. The summed E-state index contributed by atoms with van der Waals surface area (Å²) in [5.74, 6) is 0. The largest absolute Gasteiger partial charge is 0.416 e. The maximum absolute atomic E-state index is 12.8. The van der Waals surface area contributed by atoms with Gasteiger partial charge in [0, 0.05) is 29.9 Å². The first-order valence-electron chi connectivity index (χ1n) is 9.46. The Kier molecular flexibility index (Phi) is 7.86. The molecule has 0 fully saturated rings. The standard InChI is InChI=1S/C20H26F3N3OS/c1-4-6-12-25(13-7-5-2)18(27)24-19-26(14-15(3)28-19)17-10-8-16(9-11-17)20(21,22)23/h8-11,14H,4-7,12-13H2,1-3H3/b24-19-. The van der Waals surface area contributed by atoms with Crippen LogP contribution in [-0.4, -0.2) is 28.6 Å². The van der Waals surface area contributed by atoms with Gasteiger partial charge in [0.2, 0.25) is 0 Å². The minimum absolute atomic E-state index is 0.301. The predicted octanol–water partition coefficient (Wildman–Crippen LogP) is 5.79. The van der Waals surface area contributed by atoms with Crippen molar-refractivity contribution in [1.29, 1.82) is 0 Å². The molecule has 1 aromatic heterocycles. The Bertz CT molecular complexity index is 830. The third kappa shape index (κ3) is 5.95. The van der Waals surface area contributed by atoms with Crippen molar-refractivity contribution < 1.29 is 18.0 Å². The highest BCUT2D eigenvalue weighted by atomic mass is 32.1. The van der Waals surface area contributed by atoms with Crippen LogP contribution in [0.3, 0.4) is 0 Å². The Hall–Kier alpha value is -2.09. The number of hydrogen-bond donors (Lipinski definition) is 0. The summed E-state index contributed by atoms with van der Waals surface area (Å²) in [5.41, 5.74) is -0.166. The van der Waals surface area contributed by atoms with Crippen LogP contribution in [0.2, 0.25) is 0 Å². The Balaban J connectivity index is 2.34. The van der Waals surface area contributed by atoms with Crippen LogP contribution in [0, 0.1) is 6.92 Å². The zero-order valence-electron chi connectivity index (χ0n) is 16.4. The molecule has 0 saturated carbocycles. The van der Waals surface area contributed by atoms with Gasteiger partial charge in [-0.2, -0.15) is 18.2 Å². The highest BCUT2D eigenvalue weighted by Crippen LogP contribution is 2.29. The Morgan fingerprint density at radius 1 is 1.11 bits per heavy atom. The van der Waals surface area contributed by atoms with Gasteiger partial charge in [-0.25, -0.2) is 4.79 Å². The number of aromatic nitrogens is 1. The van der Waals surface area contributed by atoms with E-state index in [4.69, 9.17) is 0 Å². The Morgan fingerprint density at radius 3 is 2.18 bits per heavy atom. The average molecular weight is 414 g/mol. The highest BCUT2D eigenvalue weighted by molar-refractivity contribution is 7.09. The van der Waals surface area contributed by atoms with E-state index in [2.05, 4.69) is 18.8 Å². The minimum atomic E-state index is -4.38. The molecule has 0 spiro atoms. The first kappa shape index (κ1) is 22.2. The molecule has 1 heterocycles. The van der Waals surface area contributed by atoms with E-state index in [1.807, 2.05) is 6.92 Å². The van der Waals surface area contributed by atoms with E-state index in [9.17, 15) is 18.0 Å². The molecular formula is C20H26F3N3OS. The highest BCUT2D eigenvalue weighted by Gasteiger charge is 2.30. The van der Waals surface area contributed by atoms with Gasteiger partial charge in [-0.15, -0.1) is 11.3 Å². The van der Waals surface area contributed by atoms with Crippen LogP contribution in [0.4, 0.5) is 18.0 Å². The molecule has 2 rings (SSSR count). The second kappa shape index (κ2) is 9.91. The first-order chi connectivity index (χ1) is 13.3. The van der Waals surface area contributed by atoms with Crippen LogP contribution >= 0.6 is 11.3 Å². The van der Waals surface area contributed by atoms with E-state index in [-0.39, 0.29) is 6.03 Å². The monoisotopic (exact) mass is 413 g/mol. The van der Waals surface area contributed by atoms with E-state index in [1.165, 1.54) is 23.5 Å². The van der Waals surface area contributed by atoms with E-state index >= 15 is 0 Å². The zero-order valence-corrected chi connectivity index (χ0v) is 17.2. The molecule has 0 atom stereocenters. The van der Waals surface area contributed by atoms with Crippen LogP contribution in [0.1, 0.15) is 50.0 Å². The fourth-order valence-corrected chi connectivity index (χ4v) is 3.51. The maximum Gasteiger partial charge on any atom is 0.416 e. The number of unbranched alkanes of at least 4 members (excludes halogenated alkanes) is 2. The van der Waals surface area contributed by atoms with Gasteiger partial charge in [0.1, 0.15) is 0 Å². The number of urea groups is 1. The Morgan fingerprint density at radius 2 is 1.68 bits per heavy atom. The molecule has 0 unspecified atom stereocenters. The van der Waals surface area contributed by atoms with Crippen molar-refractivity contribution in [2.75, 3.05) is 13.1 Å². The van der Waals surface area contributed by atoms with E-state index in [1.54, 1.807) is 15.7 Å². The number of benzene rings is 1. The smallest absolute Gasteiger partial charge is 0.323 e. The van der Waals surface area contributed by atoms with Crippen molar-refractivity contribution in [3.8, 4) is 5.69 Å². The molecule has 8 heteroatoms. The summed E-state index contributed by atoms with van der Waals surface area (Å²) in [5, 5.41) is 0. The summed E-state index contributed by atoms with van der Waals surface area (Å²) in [6, 6.07) is 4.56. The van der Waals surface area contributed by atoms with Crippen LogP contribution < -0.4 is 4.80 Å². The number of carbonyl (C=O) groups excluding carboxylic acids is 1. The van der Waals surface area contributed by atoms with Crippen molar-refractivity contribution in [2.45, 2.75) is 52.6 Å². The number of aryl methyl sites for hydroxylation is 1. The quantitative estimate of drug-likeness (QED) is 0.566. The SMILES string of the molecule is CCCCN(CCCC)C(=O)/N=c1\sc(C)cn1-c1ccc(C(F)(F)F)cc1. The van der Waals surface area contributed by atoms with E-state index < -0.39 is 11.7 Å². The van der Waals surface area contributed by atoms with Crippen LogP contribution in [0.5, 0.6) is 0 Å². The molecular weight excluding hydrogens is 387 g/mol. The van der Waals surface area contributed by atoms with Gasteiger partial charge in [0.15, 0.2) is 4.80 Å². The van der Waals surface area contributed by atoms with Crippen LogP contribution in [0.25, 0.3) is 5.69 Å². The van der Waals surface area contributed by atoms with Crippen LogP contribution in [0.15, 0.2) is 35.5 Å². The third-order valence-corrected chi connectivity index (χ3v) is 5.16. The second-order valence-corrected chi connectivity index (χ2v) is 7.84. The van der Waals surface area contributed by atoms with Gasteiger partial charge in [0.25, 0.3) is 0 Å². The van der Waals surface area contributed by atoms with Crippen molar-refractivity contribution >= 4 is 17.4 Å². The van der Waals surface area contributed by atoms with Gasteiger partial charge in [-0.3, -0.25) is 4.57 Å². The van der Waals surface area contributed by atoms with Crippen molar-refractivity contribution in [3.05, 3.63) is 45.7 Å². The summed E-state index contributed by atoms with van der Waals surface area (Å²) >= 11 is 1.34.